The van der Waals surface area contributed by atoms with Gasteiger partial charge in [-0.1, -0.05) is 12.1 Å². The highest BCUT2D eigenvalue weighted by atomic mass is 16.2. The summed E-state index contributed by atoms with van der Waals surface area (Å²) in [5.41, 5.74) is 4.66. The summed E-state index contributed by atoms with van der Waals surface area (Å²) in [4.78, 5) is 23.5. The first-order valence-electron chi connectivity index (χ1n) is 7.92. The maximum atomic E-state index is 12.4. The first-order chi connectivity index (χ1) is 11.1. The molecule has 1 aliphatic rings. The summed E-state index contributed by atoms with van der Waals surface area (Å²) in [6, 6.07) is 13.1. The van der Waals surface area contributed by atoms with Crippen LogP contribution in [0.25, 0.3) is 0 Å². The van der Waals surface area contributed by atoms with Crippen molar-refractivity contribution in [2.75, 3.05) is 10.6 Å². The zero-order chi connectivity index (χ0) is 16.2. The van der Waals surface area contributed by atoms with Crippen molar-refractivity contribution in [2.45, 2.75) is 32.6 Å². The Balaban J connectivity index is 1.75. The smallest absolute Gasteiger partial charge is 0.255 e. The van der Waals surface area contributed by atoms with Crippen LogP contribution >= 0.6 is 0 Å². The highest BCUT2D eigenvalue weighted by molar-refractivity contribution is 6.04. The molecule has 0 aromatic heterocycles. The maximum Gasteiger partial charge on any atom is 0.255 e. The highest BCUT2D eigenvalue weighted by Gasteiger charge is 2.13. The van der Waals surface area contributed by atoms with Crippen LogP contribution in [0.3, 0.4) is 0 Å². The number of amides is 2. The Morgan fingerprint density at radius 1 is 0.870 bits per heavy atom. The van der Waals surface area contributed by atoms with Crippen molar-refractivity contribution >= 4 is 23.2 Å². The van der Waals surface area contributed by atoms with Crippen LogP contribution in [-0.2, 0) is 17.6 Å². The number of hydrogen-bond acceptors (Lipinski definition) is 2. The SMILES string of the molecule is CC(=O)Nc1cccc(NC(=O)c2ccc3c(c2)CCCC3)c1. The molecule has 1 aliphatic carbocycles. The number of nitrogens with one attached hydrogen (secondary N) is 2. The lowest BCUT2D eigenvalue weighted by Crippen LogP contribution is -2.14. The Hall–Kier alpha value is -2.62. The molecule has 0 atom stereocenters. The minimum atomic E-state index is -0.136. The minimum Gasteiger partial charge on any atom is -0.326 e. The third kappa shape index (κ3) is 3.77. The first kappa shape index (κ1) is 15.3. The number of fused-ring (bicyclic) bond motifs is 1. The molecule has 0 fully saturated rings. The van der Waals surface area contributed by atoms with E-state index >= 15 is 0 Å². The van der Waals surface area contributed by atoms with Gasteiger partial charge in [-0.3, -0.25) is 9.59 Å². The second-order valence-electron chi connectivity index (χ2n) is 5.91. The molecule has 0 saturated heterocycles. The van der Waals surface area contributed by atoms with E-state index in [4.69, 9.17) is 0 Å². The van der Waals surface area contributed by atoms with E-state index in [9.17, 15) is 9.59 Å². The van der Waals surface area contributed by atoms with E-state index in [1.165, 1.54) is 30.9 Å². The first-order valence-corrected chi connectivity index (χ1v) is 7.92. The molecule has 0 radical (unpaired) electrons. The van der Waals surface area contributed by atoms with Crippen LogP contribution in [0.4, 0.5) is 11.4 Å². The quantitative estimate of drug-likeness (QED) is 0.906. The Bertz CT molecular complexity index is 753. The molecule has 118 valence electrons. The Morgan fingerprint density at radius 2 is 1.57 bits per heavy atom. The van der Waals surface area contributed by atoms with E-state index < -0.39 is 0 Å². The number of hydrogen-bond donors (Lipinski definition) is 2. The van der Waals surface area contributed by atoms with Crippen molar-refractivity contribution in [1.82, 2.24) is 0 Å². The number of anilines is 2. The van der Waals surface area contributed by atoms with E-state index in [1.807, 2.05) is 18.2 Å². The lowest BCUT2D eigenvalue weighted by atomic mass is 9.90. The van der Waals surface area contributed by atoms with Crippen LogP contribution in [0.5, 0.6) is 0 Å². The van der Waals surface area contributed by atoms with Gasteiger partial charge in [-0.25, -0.2) is 0 Å². The molecule has 0 heterocycles. The molecule has 0 saturated carbocycles. The predicted octanol–water partition coefficient (Wildman–Crippen LogP) is 3.78. The molecule has 4 heteroatoms. The van der Waals surface area contributed by atoms with E-state index in [0.29, 0.717) is 16.9 Å². The molecule has 0 bridgehead atoms. The van der Waals surface area contributed by atoms with E-state index in [0.717, 1.165) is 12.8 Å². The maximum absolute atomic E-state index is 12.4. The van der Waals surface area contributed by atoms with Gasteiger partial charge in [-0.2, -0.15) is 0 Å². The monoisotopic (exact) mass is 308 g/mol. The molecule has 2 N–H and O–H groups in total. The van der Waals surface area contributed by atoms with Gasteiger partial charge < -0.3 is 10.6 Å². The van der Waals surface area contributed by atoms with Crippen LogP contribution in [0.1, 0.15) is 41.3 Å². The lowest BCUT2D eigenvalue weighted by Gasteiger charge is -2.16. The van der Waals surface area contributed by atoms with Gasteiger partial charge in [0.2, 0.25) is 5.91 Å². The highest BCUT2D eigenvalue weighted by Crippen LogP contribution is 2.23. The summed E-state index contributed by atoms with van der Waals surface area (Å²) in [6.07, 6.45) is 4.58. The number of carbonyl (C=O) groups excluding carboxylic acids is 2. The number of rotatable bonds is 3. The normalized spacial score (nSPS) is 13.1. The minimum absolute atomic E-state index is 0.127. The van der Waals surface area contributed by atoms with Crippen molar-refractivity contribution in [1.29, 1.82) is 0 Å². The van der Waals surface area contributed by atoms with Crippen molar-refractivity contribution in [3.63, 3.8) is 0 Å². The van der Waals surface area contributed by atoms with Gasteiger partial charge in [0.15, 0.2) is 0 Å². The van der Waals surface area contributed by atoms with Crippen LogP contribution in [0.15, 0.2) is 42.5 Å². The Labute approximate surface area is 135 Å². The molecule has 0 unspecified atom stereocenters. The second kappa shape index (κ2) is 6.65. The van der Waals surface area contributed by atoms with Crippen LogP contribution in [0, 0.1) is 0 Å². The van der Waals surface area contributed by atoms with Crippen molar-refractivity contribution in [3.05, 3.63) is 59.2 Å². The van der Waals surface area contributed by atoms with Crippen LogP contribution < -0.4 is 10.6 Å². The van der Waals surface area contributed by atoms with Gasteiger partial charge >= 0.3 is 0 Å². The van der Waals surface area contributed by atoms with E-state index in [2.05, 4.69) is 16.7 Å². The average molecular weight is 308 g/mol. The number of benzene rings is 2. The average Bonchev–Trinajstić information content (AvgIpc) is 2.54. The third-order valence-electron chi connectivity index (χ3n) is 4.05. The van der Waals surface area contributed by atoms with Crippen LogP contribution in [0.2, 0.25) is 0 Å². The summed E-state index contributed by atoms with van der Waals surface area (Å²) in [7, 11) is 0. The Morgan fingerprint density at radius 3 is 2.30 bits per heavy atom. The summed E-state index contributed by atoms with van der Waals surface area (Å²) in [6.45, 7) is 1.46. The van der Waals surface area contributed by atoms with Gasteiger partial charge in [-0.05, 0) is 67.1 Å². The van der Waals surface area contributed by atoms with Gasteiger partial charge in [0, 0.05) is 23.9 Å². The number of aryl methyl sites for hydroxylation is 2. The number of carbonyl (C=O) groups is 2. The molecule has 0 aliphatic heterocycles. The van der Waals surface area contributed by atoms with Crippen molar-refractivity contribution in [3.8, 4) is 0 Å². The molecule has 0 spiro atoms. The van der Waals surface area contributed by atoms with Gasteiger partial charge in [0.1, 0.15) is 0 Å². The summed E-state index contributed by atoms with van der Waals surface area (Å²) in [5, 5.41) is 5.60. The summed E-state index contributed by atoms with van der Waals surface area (Å²) < 4.78 is 0. The molecule has 4 nitrogen and oxygen atoms in total. The summed E-state index contributed by atoms with van der Waals surface area (Å²) >= 11 is 0. The topological polar surface area (TPSA) is 58.2 Å². The van der Waals surface area contributed by atoms with Crippen LogP contribution in [-0.4, -0.2) is 11.8 Å². The molecule has 2 aromatic rings. The predicted molar refractivity (Wildman–Crippen MR) is 91.8 cm³/mol. The fourth-order valence-corrected chi connectivity index (χ4v) is 2.96. The fraction of sp³-hybridized carbons (Fsp3) is 0.263. The van der Waals surface area contributed by atoms with E-state index in [1.54, 1.807) is 18.2 Å². The largest absolute Gasteiger partial charge is 0.326 e. The zero-order valence-corrected chi connectivity index (χ0v) is 13.2. The third-order valence-corrected chi connectivity index (χ3v) is 4.05. The molecule has 2 aromatic carbocycles. The molecule has 2 amide bonds. The zero-order valence-electron chi connectivity index (χ0n) is 13.2. The van der Waals surface area contributed by atoms with Gasteiger partial charge in [-0.15, -0.1) is 0 Å². The van der Waals surface area contributed by atoms with Gasteiger partial charge in [0.25, 0.3) is 5.91 Å². The van der Waals surface area contributed by atoms with Crippen molar-refractivity contribution < 1.29 is 9.59 Å². The molecule has 3 rings (SSSR count). The second-order valence-corrected chi connectivity index (χ2v) is 5.91. The van der Waals surface area contributed by atoms with E-state index in [-0.39, 0.29) is 11.8 Å². The lowest BCUT2D eigenvalue weighted by molar-refractivity contribution is -0.114. The molecule has 23 heavy (non-hydrogen) atoms. The molecular formula is C19H20N2O2. The standard InChI is InChI=1S/C19H20N2O2/c1-13(22)20-17-7-4-8-18(12-17)21-19(23)16-10-9-14-5-2-3-6-15(14)11-16/h4,7-12H,2-3,5-6H2,1H3,(H,20,22)(H,21,23). The summed E-state index contributed by atoms with van der Waals surface area (Å²) in [5.74, 6) is -0.262. The van der Waals surface area contributed by atoms with Gasteiger partial charge in [0.05, 0.1) is 0 Å². The Kier molecular flexibility index (Phi) is 4.42. The van der Waals surface area contributed by atoms with Crippen molar-refractivity contribution in [2.24, 2.45) is 0 Å². The molecular weight excluding hydrogens is 288 g/mol. The fourth-order valence-electron chi connectivity index (χ4n) is 2.96.